The molecule has 1 aliphatic heterocycles. The van der Waals surface area contributed by atoms with E-state index in [2.05, 4.69) is 77.4 Å². The first kappa shape index (κ1) is 21.2. The van der Waals surface area contributed by atoms with E-state index >= 15 is 0 Å². The van der Waals surface area contributed by atoms with Crippen LogP contribution in [0.2, 0.25) is 0 Å². The van der Waals surface area contributed by atoms with Crippen molar-refractivity contribution in [3.05, 3.63) is 66.2 Å². The zero-order chi connectivity index (χ0) is 18.5. The fourth-order valence-corrected chi connectivity index (χ4v) is 3.25. The second-order valence-electron chi connectivity index (χ2n) is 5.76. The van der Waals surface area contributed by atoms with Crippen molar-refractivity contribution in [2.45, 2.75) is 47.1 Å². The van der Waals surface area contributed by atoms with Crippen molar-refractivity contribution in [1.29, 1.82) is 0 Å². The van der Waals surface area contributed by atoms with Gasteiger partial charge in [0.2, 0.25) is 0 Å². The molecule has 1 aliphatic rings. The molecule has 1 atom stereocenters. The van der Waals surface area contributed by atoms with Crippen molar-refractivity contribution in [2.75, 3.05) is 31.1 Å². The molecule has 2 nitrogen and oxygen atoms in total. The molecule has 2 aromatic rings. The second kappa shape index (κ2) is 12.5. The van der Waals surface area contributed by atoms with Crippen LogP contribution in [0.15, 0.2) is 60.7 Å². The highest BCUT2D eigenvalue weighted by Gasteiger charge is 2.27. The van der Waals surface area contributed by atoms with Gasteiger partial charge in [-0.3, -0.25) is 4.90 Å². The monoisotopic (exact) mass is 340 g/mol. The molecule has 1 heterocycles. The van der Waals surface area contributed by atoms with E-state index in [9.17, 15) is 0 Å². The Kier molecular flexibility index (Phi) is 10.7. The predicted octanol–water partition coefficient (Wildman–Crippen LogP) is 6.01. The average molecular weight is 341 g/mol. The van der Waals surface area contributed by atoms with Gasteiger partial charge in [0.15, 0.2) is 0 Å². The Morgan fingerprint density at radius 3 is 1.92 bits per heavy atom. The van der Waals surface area contributed by atoms with Crippen molar-refractivity contribution >= 4 is 5.69 Å². The molecule has 25 heavy (non-hydrogen) atoms. The van der Waals surface area contributed by atoms with Gasteiger partial charge in [-0.1, -0.05) is 83.1 Å². The number of anilines is 1. The van der Waals surface area contributed by atoms with Gasteiger partial charge in [0.25, 0.3) is 0 Å². The lowest BCUT2D eigenvalue weighted by Crippen LogP contribution is -2.48. The summed E-state index contributed by atoms with van der Waals surface area (Å²) in [5.41, 5.74) is 2.75. The fraction of sp³-hybridized carbons (Fsp3) is 0.478. The van der Waals surface area contributed by atoms with Crippen molar-refractivity contribution in [1.82, 2.24) is 4.90 Å². The van der Waals surface area contributed by atoms with Gasteiger partial charge >= 0.3 is 0 Å². The molecule has 138 valence electrons. The van der Waals surface area contributed by atoms with Gasteiger partial charge in [-0.15, -0.1) is 0 Å². The zero-order valence-electron chi connectivity index (χ0n) is 16.8. The van der Waals surface area contributed by atoms with Crippen LogP contribution in [0.3, 0.4) is 0 Å². The Bertz CT molecular complexity index is 539. The van der Waals surface area contributed by atoms with E-state index < -0.39 is 0 Å². The smallest absolute Gasteiger partial charge is 0.0670 e. The van der Waals surface area contributed by atoms with Gasteiger partial charge in [0.05, 0.1) is 6.04 Å². The topological polar surface area (TPSA) is 6.48 Å². The molecule has 0 bridgehead atoms. The third-order valence-corrected chi connectivity index (χ3v) is 4.28. The van der Waals surface area contributed by atoms with Gasteiger partial charge in [-0.25, -0.2) is 0 Å². The minimum Gasteiger partial charge on any atom is -0.362 e. The summed E-state index contributed by atoms with van der Waals surface area (Å²) in [6, 6.07) is 22.2. The molecule has 2 aromatic carbocycles. The van der Waals surface area contributed by atoms with Crippen molar-refractivity contribution in [3.8, 4) is 0 Å². The quantitative estimate of drug-likeness (QED) is 0.672. The number of hydrogen-bond donors (Lipinski definition) is 0. The lowest BCUT2D eigenvalue weighted by atomic mass is 10.0. The summed E-state index contributed by atoms with van der Waals surface area (Å²) in [7, 11) is 0. The van der Waals surface area contributed by atoms with Gasteiger partial charge in [0, 0.05) is 25.3 Å². The molecule has 0 N–H and O–H groups in total. The number of benzene rings is 2. The largest absolute Gasteiger partial charge is 0.362 e. The van der Waals surface area contributed by atoms with Crippen LogP contribution in [0.1, 0.15) is 52.6 Å². The first-order valence-corrected chi connectivity index (χ1v) is 9.97. The Balaban J connectivity index is 0.000000730. The summed E-state index contributed by atoms with van der Waals surface area (Å²) in [6.45, 7) is 14.8. The third-order valence-electron chi connectivity index (χ3n) is 4.28. The highest BCUT2D eigenvalue weighted by molar-refractivity contribution is 5.49. The van der Waals surface area contributed by atoms with Crippen LogP contribution in [0, 0.1) is 0 Å². The molecule has 0 radical (unpaired) electrons. The fourth-order valence-electron chi connectivity index (χ4n) is 3.25. The summed E-state index contributed by atoms with van der Waals surface area (Å²) in [5.74, 6) is 0. The Morgan fingerprint density at radius 2 is 1.36 bits per heavy atom. The standard InChI is InChI=1S/C19H24N2.2C2H6/c1-2-13-20-14-15-21(18-11-7-4-8-12-18)19(16-20)17-9-5-3-6-10-17;2*1-2/h3-12,19H,2,13-16H2,1H3;2*1-2H3. The maximum Gasteiger partial charge on any atom is 0.0670 e. The van der Waals surface area contributed by atoms with Crippen molar-refractivity contribution < 1.29 is 0 Å². The summed E-state index contributed by atoms with van der Waals surface area (Å²) in [6.07, 6.45) is 1.23. The molecule has 1 unspecified atom stereocenters. The number of rotatable bonds is 4. The highest BCUT2D eigenvalue weighted by atomic mass is 15.3. The highest BCUT2D eigenvalue weighted by Crippen LogP contribution is 2.30. The Labute approximate surface area is 155 Å². The summed E-state index contributed by atoms with van der Waals surface area (Å²) >= 11 is 0. The minimum atomic E-state index is 0.453. The molecule has 0 aliphatic carbocycles. The maximum absolute atomic E-state index is 2.59. The van der Waals surface area contributed by atoms with Crippen LogP contribution < -0.4 is 4.90 Å². The van der Waals surface area contributed by atoms with Crippen LogP contribution in [-0.4, -0.2) is 31.1 Å². The van der Waals surface area contributed by atoms with E-state index in [1.165, 1.54) is 24.2 Å². The van der Waals surface area contributed by atoms with Gasteiger partial charge in [-0.2, -0.15) is 0 Å². The first-order valence-electron chi connectivity index (χ1n) is 9.97. The first-order chi connectivity index (χ1) is 12.4. The van der Waals surface area contributed by atoms with Crippen LogP contribution in [0.4, 0.5) is 5.69 Å². The normalized spacial score (nSPS) is 17.0. The summed E-state index contributed by atoms with van der Waals surface area (Å²) in [5, 5.41) is 0. The summed E-state index contributed by atoms with van der Waals surface area (Å²) < 4.78 is 0. The second-order valence-corrected chi connectivity index (χ2v) is 5.76. The van der Waals surface area contributed by atoms with E-state index in [1.54, 1.807) is 0 Å². The van der Waals surface area contributed by atoms with E-state index in [0.717, 1.165) is 19.6 Å². The van der Waals surface area contributed by atoms with Gasteiger partial charge in [-0.05, 0) is 30.7 Å². The zero-order valence-corrected chi connectivity index (χ0v) is 16.8. The third kappa shape index (κ3) is 6.21. The Morgan fingerprint density at radius 1 is 0.800 bits per heavy atom. The molecule has 0 saturated carbocycles. The molecular formula is C23H36N2. The maximum atomic E-state index is 2.59. The van der Waals surface area contributed by atoms with E-state index in [0.29, 0.717) is 6.04 Å². The SMILES string of the molecule is CC.CC.CCCN1CCN(c2ccccc2)C(c2ccccc2)C1. The lowest BCUT2D eigenvalue weighted by molar-refractivity contribution is 0.224. The van der Waals surface area contributed by atoms with Crippen LogP contribution in [-0.2, 0) is 0 Å². The number of nitrogens with zero attached hydrogens (tertiary/aromatic N) is 2. The molecule has 0 spiro atoms. The number of piperazine rings is 1. The average Bonchev–Trinajstić information content (AvgIpc) is 2.72. The molecule has 1 fully saturated rings. The van der Waals surface area contributed by atoms with E-state index in [-0.39, 0.29) is 0 Å². The predicted molar refractivity (Wildman–Crippen MR) is 112 cm³/mol. The Hall–Kier alpha value is -1.80. The molecule has 2 heteroatoms. The molecule has 0 amide bonds. The van der Waals surface area contributed by atoms with Crippen LogP contribution in [0.5, 0.6) is 0 Å². The molecule has 1 saturated heterocycles. The molecule has 3 rings (SSSR count). The molecule has 0 aromatic heterocycles. The number of hydrogen-bond acceptors (Lipinski definition) is 2. The molecular weight excluding hydrogens is 304 g/mol. The number of para-hydroxylation sites is 1. The van der Waals surface area contributed by atoms with Crippen LogP contribution in [0.25, 0.3) is 0 Å². The van der Waals surface area contributed by atoms with Crippen LogP contribution >= 0.6 is 0 Å². The van der Waals surface area contributed by atoms with Gasteiger partial charge < -0.3 is 4.90 Å². The van der Waals surface area contributed by atoms with E-state index in [4.69, 9.17) is 0 Å². The van der Waals surface area contributed by atoms with Crippen molar-refractivity contribution in [3.63, 3.8) is 0 Å². The van der Waals surface area contributed by atoms with E-state index in [1.807, 2.05) is 27.7 Å². The lowest BCUT2D eigenvalue weighted by Gasteiger charge is -2.43. The summed E-state index contributed by atoms with van der Waals surface area (Å²) in [4.78, 5) is 5.15. The minimum absolute atomic E-state index is 0.453. The van der Waals surface area contributed by atoms with Gasteiger partial charge in [0.1, 0.15) is 0 Å². The van der Waals surface area contributed by atoms with Crippen molar-refractivity contribution in [2.24, 2.45) is 0 Å².